The molecule has 1 aromatic carbocycles. The minimum atomic E-state index is -0.0382. The summed E-state index contributed by atoms with van der Waals surface area (Å²) < 4.78 is 10.8. The maximum absolute atomic E-state index is 12.0. The van der Waals surface area contributed by atoms with Gasteiger partial charge in [0.25, 0.3) is 0 Å². The van der Waals surface area contributed by atoms with Crippen LogP contribution in [0.1, 0.15) is 5.76 Å². The molecule has 0 atom stereocenters. The van der Waals surface area contributed by atoms with Crippen molar-refractivity contribution in [1.82, 2.24) is 0 Å². The average molecular weight is 200 g/mol. The predicted molar refractivity (Wildman–Crippen MR) is 57.0 cm³/mol. The molecule has 0 aliphatic heterocycles. The van der Waals surface area contributed by atoms with Crippen molar-refractivity contribution in [3.05, 3.63) is 46.5 Å². The molecule has 0 bridgehead atoms. The van der Waals surface area contributed by atoms with Crippen LogP contribution in [0.2, 0.25) is 0 Å². The molecule has 0 aliphatic rings. The number of benzene rings is 1. The van der Waals surface area contributed by atoms with Gasteiger partial charge >= 0.3 is 0 Å². The molecule has 0 N–H and O–H groups in total. The fourth-order valence-corrected chi connectivity index (χ4v) is 1.73. The normalized spacial score (nSPS) is 11.3. The molecule has 0 amide bonds. The highest BCUT2D eigenvalue weighted by atomic mass is 16.4. The van der Waals surface area contributed by atoms with Gasteiger partial charge in [-0.2, -0.15) is 0 Å². The van der Waals surface area contributed by atoms with Gasteiger partial charge in [0, 0.05) is 0 Å². The second-order valence-corrected chi connectivity index (χ2v) is 3.46. The molecule has 0 spiro atoms. The molecule has 3 aromatic rings. The Morgan fingerprint density at radius 1 is 1.13 bits per heavy atom. The van der Waals surface area contributed by atoms with Gasteiger partial charge in [0.2, 0.25) is 5.43 Å². The highest BCUT2D eigenvalue weighted by Gasteiger charge is 2.11. The van der Waals surface area contributed by atoms with E-state index in [1.54, 1.807) is 19.1 Å². The van der Waals surface area contributed by atoms with Crippen LogP contribution in [0.4, 0.5) is 0 Å². The van der Waals surface area contributed by atoms with Crippen LogP contribution in [0.15, 0.2) is 44.2 Å². The van der Waals surface area contributed by atoms with Gasteiger partial charge in [0.15, 0.2) is 5.58 Å². The van der Waals surface area contributed by atoms with Crippen molar-refractivity contribution in [2.75, 3.05) is 0 Å². The van der Waals surface area contributed by atoms with Gasteiger partial charge in [-0.3, -0.25) is 4.79 Å². The van der Waals surface area contributed by atoms with Crippen molar-refractivity contribution < 1.29 is 8.83 Å². The smallest absolute Gasteiger partial charge is 0.203 e. The first-order chi connectivity index (χ1) is 7.27. The van der Waals surface area contributed by atoms with E-state index in [0.717, 1.165) is 0 Å². The number of para-hydroxylation sites is 1. The third-order valence-corrected chi connectivity index (χ3v) is 2.51. The van der Waals surface area contributed by atoms with Crippen LogP contribution in [0.25, 0.3) is 21.9 Å². The third kappa shape index (κ3) is 1.03. The van der Waals surface area contributed by atoms with E-state index in [0.29, 0.717) is 27.7 Å². The van der Waals surface area contributed by atoms with Gasteiger partial charge in [0.05, 0.1) is 5.39 Å². The molecule has 0 saturated carbocycles. The first-order valence-corrected chi connectivity index (χ1v) is 4.67. The van der Waals surface area contributed by atoms with Crippen LogP contribution in [-0.2, 0) is 0 Å². The summed E-state index contributed by atoms with van der Waals surface area (Å²) >= 11 is 0. The maximum atomic E-state index is 12.0. The van der Waals surface area contributed by atoms with Crippen molar-refractivity contribution in [1.29, 1.82) is 0 Å². The lowest BCUT2D eigenvalue weighted by atomic mass is 10.2. The Kier molecular flexibility index (Phi) is 1.51. The van der Waals surface area contributed by atoms with Crippen LogP contribution < -0.4 is 5.43 Å². The lowest BCUT2D eigenvalue weighted by Crippen LogP contribution is -1.99. The molecule has 0 fully saturated rings. The van der Waals surface area contributed by atoms with Gasteiger partial charge < -0.3 is 8.83 Å². The van der Waals surface area contributed by atoms with Crippen molar-refractivity contribution in [3.8, 4) is 0 Å². The van der Waals surface area contributed by atoms with Crippen molar-refractivity contribution in [2.24, 2.45) is 0 Å². The summed E-state index contributed by atoms with van der Waals surface area (Å²) in [5.41, 5.74) is 1.10. The van der Waals surface area contributed by atoms with Crippen LogP contribution in [-0.4, -0.2) is 0 Å². The Labute approximate surface area is 84.9 Å². The van der Waals surface area contributed by atoms with Crippen LogP contribution in [0.3, 0.4) is 0 Å². The van der Waals surface area contributed by atoms with Gasteiger partial charge in [-0.15, -0.1) is 0 Å². The largest absolute Gasteiger partial charge is 0.465 e. The second kappa shape index (κ2) is 2.73. The van der Waals surface area contributed by atoms with Crippen LogP contribution in [0, 0.1) is 6.92 Å². The van der Waals surface area contributed by atoms with Crippen LogP contribution >= 0.6 is 0 Å². The third-order valence-electron chi connectivity index (χ3n) is 2.51. The second-order valence-electron chi connectivity index (χ2n) is 3.46. The minimum Gasteiger partial charge on any atom is -0.465 e. The van der Waals surface area contributed by atoms with E-state index in [9.17, 15) is 4.79 Å². The SMILES string of the molecule is Cc1occ2c(=O)c3ccccc3oc12. The number of hydrogen-bond donors (Lipinski definition) is 0. The molecule has 0 unspecified atom stereocenters. The Balaban J connectivity index is 2.68. The Bertz CT molecular complexity index is 704. The summed E-state index contributed by atoms with van der Waals surface area (Å²) in [6, 6.07) is 7.19. The molecule has 74 valence electrons. The summed E-state index contributed by atoms with van der Waals surface area (Å²) in [6.45, 7) is 1.78. The molecular weight excluding hydrogens is 192 g/mol. The van der Waals surface area contributed by atoms with Gasteiger partial charge in [-0.1, -0.05) is 12.1 Å². The molecule has 15 heavy (non-hydrogen) atoms. The molecular formula is C12H8O3. The predicted octanol–water partition coefficient (Wildman–Crippen LogP) is 2.85. The molecule has 0 saturated heterocycles. The zero-order valence-electron chi connectivity index (χ0n) is 8.11. The van der Waals surface area contributed by atoms with Crippen molar-refractivity contribution in [2.45, 2.75) is 6.92 Å². The minimum absolute atomic E-state index is 0.0382. The Morgan fingerprint density at radius 3 is 2.80 bits per heavy atom. The lowest BCUT2D eigenvalue weighted by molar-refractivity contribution is 0.527. The molecule has 2 heterocycles. The van der Waals surface area contributed by atoms with Gasteiger partial charge in [-0.05, 0) is 19.1 Å². The van der Waals surface area contributed by atoms with Crippen molar-refractivity contribution in [3.63, 3.8) is 0 Å². The van der Waals surface area contributed by atoms with E-state index in [1.807, 2.05) is 12.1 Å². The fourth-order valence-electron chi connectivity index (χ4n) is 1.73. The molecule has 3 rings (SSSR count). The summed E-state index contributed by atoms with van der Waals surface area (Å²) in [5, 5.41) is 1.09. The number of furan rings is 1. The first-order valence-electron chi connectivity index (χ1n) is 4.67. The van der Waals surface area contributed by atoms with E-state index < -0.39 is 0 Å². The quantitative estimate of drug-likeness (QED) is 0.560. The summed E-state index contributed by atoms with van der Waals surface area (Å²) in [4.78, 5) is 12.0. The molecule has 3 nitrogen and oxygen atoms in total. The van der Waals surface area contributed by atoms with Crippen molar-refractivity contribution >= 4 is 21.9 Å². The average Bonchev–Trinajstić information content (AvgIpc) is 2.62. The Morgan fingerprint density at radius 2 is 1.93 bits per heavy atom. The standard InChI is InChI=1S/C12H8O3/c1-7-12-9(6-14-7)11(13)8-4-2-3-5-10(8)15-12/h2-6H,1H3. The van der Waals surface area contributed by atoms with Gasteiger partial charge in [-0.25, -0.2) is 0 Å². The van der Waals surface area contributed by atoms with E-state index in [2.05, 4.69) is 0 Å². The summed E-state index contributed by atoms with van der Waals surface area (Å²) in [5.74, 6) is 0.632. The van der Waals surface area contributed by atoms with Gasteiger partial charge in [0.1, 0.15) is 23.0 Å². The zero-order chi connectivity index (χ0) is 10.4. The molecule has 2 aromatic heterocycles. The number of hydrogen-bond acceptors (Lipinski definition) is 3. The highest BCUT2D eigenvalue weighted by Crippen LogP contribution is 2.22. The lowest BCUT2D eigenvalue weighted by Gasteiger charge is -1.95. The summed E-state index contributed by atoms with van der Waals surface area (Å²) in [6.07, 6.45) is 1.45. The topological polar surface area (TPSA) is 43.4 Å². The number of rotatable bonds is 0. The molecule has 0 aliphatic carbocycles. The molecule has 0 radical (unpaired) electrons. The maximum Gasteiger partial charge on any atom is 0.203 e. The Hall–Kier alpha value is -2.03. The number of aryl methyl sites for hydroxylation is 1. The monoisotopic (exact) mass is 200 g/mol. The zero-order valence-corrected chi connectivity index (χ0v) is 8.11. The summed E-state index contributed by atoms with van der Waals surface area (Å²) in [7, 11) is 0. The van der Waals surface area contributed by atoms with E-state index >= 15 is 0 Å². The van der Waals surface area contributed by atoms with Crippen LogP contribution in [0.5, 0.6) is 0 Å². The number of fused-ring (bicyclic) bond motifs is 2. The molecule has 3 heteroatoms. The van der Waals surface area contributed by atoms with E-state index in [1.165, 1.54) is 6.26 Å². The van der Waals surface area contributed by atoms with E-state index in [-0.39, 0.29) is 5.43 Å². The highest BCUT2D eigenvalue weighted by molar-refractivity contribution is 5.89. The fraction of sp³-hybridized carbons (Fsp3) is 0.0833. The van der Waals surface area contributed by atoms with E-state index in [4.69, 9.17) is 8.83 Å². The first kappa shape index (κ1) is 8.29.